The van der Waals surface area contributed by atoms with E-state index in [9.17, 15) is 4.79 Å². The second kappa shape index (κ2) is 9.47. The molecule has 154 valence electrons. The van der Waals surface area contributed by atoms with Gasteiger partial charge in [0, 0.05) is 30.6 Å². The van der Waals surface area contributed by atoms with Gasteiger partial charge in [0.25, 0.3) is 5.91 Å². The zero-order chi connectivity index (χ0) is 20.8. The quantitative estimate of drug-likeness (QED) is 0.356. The third-order valence-corrected chi connectivity index (χ3v) is 5.31. The first-order chi connectivity index (χ1) is 14.7. The Morgan fingerprint density at radius 1 is 1.20 bits per heavy atom. The lowest BCUT2D eigenvalue weighted by Gasteiger charge is -2.23. The molecule has 0 spiro atoms. The summed E-state index contributed by atoms with van der Waals surface area (Å²) in [7, 11) is 0. The van der Waals surface area contributed by atoms with Crippen LogP contribution in [0.25, 0.3) is 17.5 Å². The van der Waals surface area contributed by atoms with Gasteiger partial charge in [-0.25, -0.2) is 5.48 Å². The molecule has 1 saturated heterocycles. The van der Waals surface area contributed by atoms with E-state index in [0.717, 1.165) is 43.5 Å². The van der Waals surface area contributed by atoms with Gasteiger partial charge in [-0.15, -0.1) is 0 Å². The van der Waals surface area contributed by atoms with Gasteiger partial charge in [-0.2, -0.15) is 4.98 Å². The van der Waals surface area contributed by atoms with E-state index in [0.29, 0.717) is 17.8 Å². The molecule has 30 heavy (non-hydrogen) atoms. The predicted octanol–water partition coefficient (Wildman–Crippen LogP) is 3.46. The van der Waals surface area contributed by atoms with Crippen LogP contribution in [0.2, 0.25) is 0 Å². The third kappa shape index (κ3) is 5.00. The van der Waals surface area contributed by atoms with Gasteiger partial charge in [0.1, 0.15) is 0 Å². The number of nitrogens with zero attached hydrogens (tertiary/aromatic N) is 3. The van der Waals surface area contributed by atoms with E-state index < -0.39 is 5.91 Å². The maximum absolute atomic E-state index is 11.1. The number of aromatic nitrogens is 2. The standard InChI is InChI=1S/C23H24N4O3/c28-21(25-29)13-12-17-8-10-18(11-9-17)16-27-14-4-7-20(27)15-22-24-23(26-30-22)19-5-2-1-3-6-19/h1-3,5-6,8-13,20,29H,4,7,14-16H2,(H,25,28)/t20-/m1/s1. The Morgan fingerprint density at radius 3 is 2.77 bits per heavy atom. The highest BCUT2D eigenvalue weighted by Crippen LogP contribution is 2.24. The fourth-order valence-electron chi connectivity index (χ4n) is 3.76. The fraction of sp³-hybridized carbons (Fsp3) is 0.261. The fourth-order valence-corrected chi connectivity index (χ4v) is 3.76. The molecule has 1 aromatic heterocycles. The summed E-state index contributed by atoms with van der Waals surface area (Å²) in [6.07, 6.45) is 5.96. The minimum Gasteiger partial charge on any atom is -0.339 e. The van der Waals surface area contributed by atoms with Crippen molar-refractivity contribution in [1.82, 2.24) is 20.5 Å². The number of benzene rings is 2. The molecule has 0 unspecified atom stereocenters. The second-order valence-corrected chi connectivity index (χ2v) is 7.40. The van der Waals surface area contributed by atoms with E-state index in [-0.39, 0.29) is 0 Å². The summed E-state index contributed by atoms with van der Waals surface area (Å²) in [4.78, 5) is 18.1. The van der Waals surface area contributed by atoms with Crippen LogP contribution in [-0.2, 0) is 17.8 Å². The average molecular weight is 404 g/mol. The van der Waals surface area contributed by atoms with Gasteiger partial charge in [-0.1, -0.05) is 59.8 Å². The van der Waals surface area contributed by atoms with Crippen molar-refractivity contribution in [2.75, 3.05) is 6.54 Å². The number of carbonyl (C=O) groups excluding carboxylic acids is 1. The van der Waals surface area contributed by atoms with Crippen LogP contribution in [0.1, 0.15) is 29.9 Å². The Kier molecular flexibility index (Phi) is 6.32. The van der Waals surface area contributed by atoms with Crippen molar-refractivity contribution in [2.24, 2.45) is 0 Å². The van der Waals surface area contributed by atoms with Crippen molar-refractivity contribution in [2.45, 2.75) is 31.8 Å². The number of carbonyl (C=O) groups is 1. The van der Waals surface area contributed by atoms with Crippen molar-refractivity contribution < 1.29 is 14.5 Å². The molecular weight excluding hydrogens is 380 g/mol. The minimum atomic E-state index is -0.546. The minimum absolute atomic E-state index is 0.377. The zero-order valence-electron chi connectivity index (χ0n) is 16.6. The molecule has 1 aliphatic heterocycles. The van der Waals surface area contributed by atoms with Crippen LogP contribution in [0.15, 0.2) is 65.2 Å². The molecule has 0 radical (unpaired) electrons. The number of nitrogens with one attached hydrogen (secondary N) is 1. The smallest absolute Gasteiger partial charge is 0.267 e. The highest BCUT2D eigenvalue weighted by Gasteiger charge is 2.26. The topological polar surface area (TPSA) is 91.5 Å². The van der Waals surface area contributed by atoms with E-state index in [1.54, 1.807) is 11.6 Å². The number of amides is 1. The van der Waals surface area contributed by atoms with Gasteiger partial charge in [0.05, 0.1) is 0 Å². The van der Waals surface area contributed by atoms with Crippen molar-refractivity contribution >= 4 is 12.0 Å². The lowest BCUT2D eigenvalue weighted by Crippen LogP contribution is -2.30. The predicted molar refractivity (Wildman–Crippen MR) is 112 cm³/mol. The highest BCUT2D eigenvalue weighted by atomic mass is 16.5. The van der Waals surface area contributed by atoms with Crippen LogP contribution in [0.5, 0.6) is 0 Å². The van der Waals surface area contributed by atoms with E-state index in [2.05, 4.69) is 27.2 Å². The molecule has 0 aliphatic carbocycles. The first kappa shape index (κ1) is 20.0. The first-order valence-corrected chi connectivity index (χ1v) is 10.0. The number of rotatable bonds is 7. The molecule has 0 saturated carbocycles. The molecule has 7 nitrogen and oxygen atoms in total. The van der Waals surface area contributed by atoms with Crippen LogP contribution in [0, 0.1) is 0 Å². The van der Waals surface area contributed by atoms with Gasteiger partial charge in [-0.05, 0) is 36.6 Å². The molecular formula is C23H24N4O3. The summed E-state index contributed by atoms with van der Waals surface area (Å²) in [5, 5.41) is 12.7. The molecule has 2 N–H and O–H groups in total. The van der Waals surface area contributed by atoms with Crippen LogP contribution >= 0.6 is 0 Å². The van der Waals surface area contributed by atoms with Gasteiger partial charge in [0.2, 0.25) is 11.7 Å². The number of hydrogen-bond donors (Lipinski definition) is 2. The average Bonchev–Trinajstić information content (AvgIpc) is 3.44. The van der Waals surface area contributed by atoms with Crippen molar-refractivity contribution in [3.63, 3.8) is 0 Å². The molecule has 1 amide bonds. The molecule has 3 aromatic rings. The maximum Gasteiger partial charge on any atom is 0.267 e. The molecule has 2 heterocycles. The summed E-state index contributed by atoms with van der Waals surface area (Å²) < 4.78 is 5.50. The van der Waals surface area contributed by atoms with Crippen molar-refractivity contribution in [3.8, 4) is 11.4 Å². The first-order valence-electron chi connectivity index (χ1n) is 10.0. The Balaban J connectivity index is 1.37. The summed E-state index contributed by atoms with van der Waals surface area (Å²) in [6.45, 7) is 1.90. The summed E-state index contributed by atoms with van der Waals surface area (Å²) in [5.74, 6) is 0.762. The van der Waals surface area contributed by atoms with E-state index >= 15 is 0 Å². The molecule has 0 bridgehead atoms. The molecule has 1 fully saturated rings. The largest absolute Gasteiger partial charge is 0.339 e. The summed E-state index contributed by atoms with van der Waals surface area (Å²) >= 11 is 0. The van der Waals surface area contributed by atoms with Crippen LogP contribution in [0.4, 0.5) is 0 Å². The maximum atomic E-state index is 11.1. The van der Waals surface area contributed by atoms with Gasteiger partial charge >= 0.3 is 0 Å². The normalized spacial score (nSPS) is 16.9. The number of likely N-dealkylation sites (tertiary alicyclic amines) is 1. The monoisotopic (exact) mass is 404 g/mol. The Morgan fingerprint density at radius 2 is 2.00 bits per heavy atom. The SMILES string of the molecule is O=C(C=Cc1ccc(CN2CCC[C@@H]2Cc2nc(-c3ccccc3)no2)cc1)NO. The van der Waals surface area contributed by atoms with E-state index in [4.69, 9.17) is 9.73 Å². The van der Waals surface area contributed by atoms with Crippen LogP contribution in [-0.4, -0.2) is 38.7 Å². The Hall–Kier alpha value is -3.29. The summed E-state index contributed by atoms with van der Waals surface area (Å²) in [6, 6.07) is 18.3. The molecule has 1 aliphatic rings. The van der Waals surface area contributed by atoms with E-state index in [1.807, 2.05) is 42.5 Å². The highest BCUT2D eigenvalue weighted by molar-refractivity contribution is 5.90. The van der Waals surface area contributed by atoms with E-state index in [1.165, 1.54) is 11.6 Å². The zero-order valence-corrected chi connectivity index (χ0v) is 16.6. The number of hydrogen-bond acceptors (Lipinski definition) is 6. The third-order valence-electron chi connectivity index (χ3n) is 5.31. The molecule has 7 heteroatoms. The Labute approximate surface area is 175 Å². The Bertz CT molecular complexity index is 999. The van der Waals surface area contributed by atoms with Gasteiger partial charge < -0.3 is 4.52 Å². The van der Waals surface area contributed by atoms with Gasteiger partial charge in [0.15, 0.2) is 0 Å². The van der Waals surface area contributed by atoms with Crippen molar-refractivity contribution in [3.05, 3.63) is 77.7 Å². The lowest BCUT2D eigenvalue weighted by atomic mass is 10.1. The van der Waals surface area contributed by atoms with Crippen molar-refractivity contribution in [1.29, 1.82) is 0 Å². The summed E-state index contributed by atoms with van der Waals surface area (Å²) in [5.41, 5.74) is 4.65. The molecule has 2 aromatic carbocycles. The molecule has 4 rings (SSSR count). The van der Waals surface area contributed by atoms with Crippen LogP contribution in [0.3, 0.4) is 0 Å². The second-order valence-electron chi connectivity index (χ2n) is 7.40. The van der Waals surface area contributed by atoms with Gasteiger partial charge in [-0.3, -0.25) is 14.9 Å². The number of hydroxylamine groups is 1. The van der Waals surface area contributed by atoms with Crippen LogP contribution < -0.4 is 5.48 Å². The molecule has 1 atom stereocenters. The lowest BCUT2D eigenvalue weighted by molar-refractivity contribution is -0.124.